The molecule has 2 rings (SSSR count). The second kappa shape index (κ2) is 5.42. The summed E-state index contributed by atoms with van der Waals surface area (Å²) >= 11 is 1.38. The molecule has 0 aliphatic carbocycles. The average molecular weight is 253 g/mol. The van der Waals surface area contributed by atoms with E-state index in [4.69, 9.17) is 4.74 Å². The van der Waals surface area contributed by atoms with Crippen molar-refractivity contribution in [1.82, 2.24) is 5.32 Å². The number of thiophene rings is 1. The molecule has 0 bridgehead atoms. The van der Waals surface area contributed by atoms with Gasteiger partial charge in [-0.05, 0) is 23.8 Å². The molecule has 1 aliphatic heterocycles. The Balaban J connectivity index is 1.82. The normalized spacial score (nSPS) is 23.6. The molecule has 17 heavy (non-hydrogen) atoms. The first-order valence-corrected chi connectivity index (χ1v) is 6.52. The quantitative estimate of drug-likeness (QED) is 0.827. The first-order chi connectivity index (χ1) is 8.18. The van der Waals surface area contributed by atoms with Crippen molar-refractivity contribution >= 4 is 23.0 Å². The Labute approximate surface area is 104 Å². The summed E-state index contributed by atoms with van der Waals surface area (Å²) < 4.78 is 5.33. The molecular formula is C12H15NO3S. The molecule has 1 aliphatic rings. The number of carbonyl (C=O) groups is 2. The van der Waals surface area contributed by atoms with E-state index in [1.807, 2.05) is 18.4 Å². The standard InChI is InChI=1S/C12H15NO3S/c1-8-4-5-16-11(8)12(15)13-7-9(14)10-3-2-6-17-10/h2-3,6,8,11H,4-5,7H2,1H3,(H,13,15)/t8-,11-/m0/s1. The van der Waals surface area contributed by atoms with Crippen LogP contribution in [0.3, 0.4) is 0 Å². The number of nitrogens with one attached hydrogen (secondary N) is 1. The van der Waals surface area contributed by atoms with E-state index in [1.165, 1.54) is 11.3 Å². The fraction of sp³-hybridized carbons (Fsp3) is 0.500. The fourth-order valence-corrected chi connectivity index (χ4v) is 2.49. The van der Waals surface area contributed by atoms with Gasteiger partial charge < -0.3 is 10.1 Å². The van der Waals surface area contributed by atoms with E-state index in [0.717, 1.165) is 6.42 Å². The first-order valence-electron chi connectivity index (χ1n) is 5.64. The molecule has 2 heterocycles. The predicted octanol–water partition coefficient (Wildman–Crippen LogP) is 1.47. The molecule has 2 atom stereocenters. The highest BCUT2D eigenvalue weighted by molar-refractivity contribution is 7.12. The zero-order valence-electron chi connectivity index (χ0n) is 9.64. The van der Waals surface area contributed by atoms with Gasteiger partial charge in [-0.15, -0.1) is 11.3 Å². The van der Waals surface area contributed by atoms with Gasteiger partial charge in [-0.3, -0.25) is 9.59 Å². The van der Waals surface area contributed by atoms with Crippen LogP contribution in [0.5, 0.6) is 0 Å². The maximum atomic E-state index is 11.7. The highest BCUT2D eigenvalue weighted by Gasteiger charge is 2.30. The smallest absolute Gasteiger partial charge is 0.249 e. The Bertz CT molecular complexity index is 402. The van der Waals surface area contributed by atoms with Crippen LogP contribution in [-0.4, -0.2) is 30.9 Å². The number of Topliss-reactive ketones (excluding diaryl/α,β-unsaturated/α-hetero) is 1. The monoisotopic (exact) mass is 253 g/mol. The summed E-state index contributed by atoms with van der Waals surface area (Å²) in [6, 6.07) is 3.58. The van der Waals surface area contributed by atoms with Crippen LogP contribution >= 0.6 is 11.3 Å². The topological polar surface area (TPSA) is 55.4 Å². The van der Waals surface area contributed by atoms with Gasteiger partial charge in [-0.25, -0.2) is 0 Å². The van der Waals surface area contributed by atoms with Gasteiger partial charge >= 0.3 is 0 Å². The van der Waals surface area contributed by atoms with Crippen LogP contribution in [0.15, 0.2) is 17.5 Å². The largest absolute Gasteiger partial charge is 0.368 e. The van der Waals surface area contributed by atoms with Crippen molar-refractivity contribution in [3.05, 3.63) is 22.4 Å². The Morgan fingerprint density at radius 2 is 2.41 bits per heavy atom. The average Bonchev–Trinajstić information content (AvgIpc) is 2.95. The molecule has 1 amide bonds. The lowest BCUT2D eigenvalue weighted by atomic mass is 10.0. The van der Waals surface area contributed by atoms with Crippen LogP contribution in [0.2, 0.25) is 0 Å². The third kappa shape index (κ3) is 2.92. The zero-order chi connectivity index (χ0) is 12.3. The van der Waals surface area contributed by atoms with Gasteiger partial charge in [0.1, 0.15) is 6.10 Å². The Morgan fingerprint density at radius 3 is 3.00 bits per heavy atom. The minimum absolute atomic E-state index is 0.0475. The summed E-state index contributed by atoms with van der Waals surface area (Å²) in [5.74, 6) is -0.00857. The molecule has 92 valence electrons. The van der Waals surface area contributed by atoms with Crippen molar-refractivity contribution in [3.8, 4) is 0 Å². The van der Waals surface area contributed by atoms with Crippen LogP contribution in [0.1, 0.15) is 23.0 Å². The second-order valence-electron chi connectivity index (χ2n) is 4.18. The summed E-state index contributed by atoms with van der Waals surface area (Å²) in [5, 5.41) is 4.48. The summed E-state index contributed by atoms with van der Waals surface area (Å²) in [6.45, 7) is 2.66. The van der Waals surface area contributed by atoms with Crippen LogP contribution in [0.4, 0.5) is 0 Å². The summed E-state index contributed by atoms with van der Waals surface area (Å²) in [6.07, 6.45) is 0.503. The third-order valence-electron chi connectivity index (χ3n) is 2.87. The molecule has 0 aromatic carbocycles. The number of ether oxygens (including phenoxy) is 1. The minimum atomic E-state index is -0.397. The highest BCUT2D eigenvalue weighted by Crippen LogP contribution is 2.19. The van der Waals surface area contributed by atoms with E-state index < -0.39 is 6.10 Å². The molecule has 1 aromatic heterocycles. The van der Waals surface area contributed by atoms with E-state index in [0.29, 0.717) is 11.5 Å². The van der Waals surface area contributed by atoms with Crippen LogP contribution in [-0.2, 0) is 9.53 Å². The van der Waals surface area contributed by atoms with Gasteiger partial charge in [-0.1, -0.05) is 13.0 Å². The highest BCUT2D eigenvalue weighted by atomic mass is 32.1. The molecule has 1 fully saturated rings. The lowest BCUT2D eigenvalue weighted by Crippen LogP contribution is -2.39. The molecule has 0 saturated carbocycles. The number of hydrogen-bond acceptors (Lipinski definition) is 4. The molecule has 4 nitrogen and oxygen atoms in total. The van der Waals surface area contributed by atoms with E-state index >= 15 is 0 Å². The van der Waals surface area contributed by atoms with Crippen molar-refractivity contribution in [2.24, 2.45) is 5.92 Å². The number of hydrogen-bond donors (Lipinski definition) is 1. The number of carbonyl (C=O) groups excluding carboxylic acids is 2. The van der Waals surface area contributed by atoms with Gasteiger partial charge in [0.25, 0.3) is 0 Å². The number of ketones is 1. The summed E-state index contributed by atoms with van der Waals surface area (Å²) in [5.41, 5.74) is 0. The van der Waals surface area contributed by atoms with Crippen LogP contribution < -0.4 is 5.32 Å². The van der Waals surface area contributed by atoms with Crippen molar-refractivity contribution in [3.63, 3.8) is 0 Å². The molecule has 1 N–H and O–H groups in total. The third-order valence-corrected chi connectivity index (χ3v) is 3.78. The van der Waals surface area contributed by atoms with Crippen LogP contribution in [0.25, 0.3) is 0 Å². The molecule has 5 heteroatoms. The van der Waals surface area contributed by atoms with Gasteiger partial charge in [0.05, 0.1) is 11.4 Å². The van der Waals surface area contributed by atoms with Crippen LogP contribution in [0, 0.1) is 5.92 Å². The Kier molecular flexibility index (Phi) is 3.91. The molecule has 1 aromatic rings. The Hall–Kier alpha value is -1.20. The minimum Gasteiger partial charge on any atom is -0.368 e. The predicted molar refractivity (Wildman–Crippen MR) is 65.2 cm³/mol. The number of rotatable bonds is 4. The van der Waals surface area contributed by atoms with Crippen molar-refractivity contribution in [2.75, 3.05) is 13.2 Å². The van der Waals surface area contributed by atoms with Gasteiger partial charge in [-0.2, -0.15) is 0 Å². The molecule has 0 unspecified atom stereocenters. The van der Waals surface area contributed by atoms with Crippen molar-refractivity contribution < 1.29 is 14.3 Å². The molecule has 0 radical (unpaired) electrons. The fourth-order valence-electron chi connectivity index (χ4n) is 1.82. The SMILES string of the molecule is C[C@H]1CCO[C@@H]1C(=O)NCC(=O)c1cccs1. The first kappa shape index (κ1) is 12.3. The zero-order valence-corrected chi connectivity index (χ0v) is 10.5. The lowest BCUT2D eigenvalue weighted by molar-refractivity contribution is -0.131. The maximum absolute atomic E-state index is 11.7. The van der Waals surface area contributed by atoms with Crippen molar-refractivity contribution in [2.45, 2.75) is 19.4 Å². The van der Waals surface area contributed by atoms with Gasteiger partial charge in [0.2, 0.25) is 5.91 Å². The van der Waals surface area contributed by atoms with E-state index in [9.17, 15) is 9.59 Å². The molecule has 1 saturated heterocycles. The van der Waals surface area contributed by atoms with E-state index in [1.54, 1.807) is 6.07 Å². The second-order valence-corrected chi connectivity index (χ2v) is 5.12. The molecular weight excluding hydrogens is 238 g/mol. The van der Waals surface area contributed by atoms with Crippen molar-refractivity contribution in [1.29, 1.82) is 0 Å². The van der Waals surface area contributed by atoms with Gasteiger partial charge in [0.15, 0.2) is 5.78 Å². The Morgan fingerprint density at radius 1 is 1.59 bits per heavy atom. The summed E-state index contributed by atoms with van der Waals surface area (Å²) in [7, 11) is 0. The van der Waals surface area contributed by atoms with E-state index in [-0.39, 0.29) is 24.2 Å². The maximum Gasteiger partial charge on any atom is 0.249 e. The molecule has 0 spiro atoms. The van der Waals surface area contributed by atoms with E-state index in [2.05, 4.69) is 5.32 Å². The van der Waals surface area contributed by atoms with Gasteiger partial charge in [0, 0.05) is 6.61 Å². The lowest BCUT2D eigenvalue weighted by Gasteiger charge is -2.13. The summed E-state index contributed by atoms with van der Waals surface area (Å²) in [4.78, 5) is 24.1. The number of amides is 1.